The maximum absolute atomic E-state index is 5.87. The topological polar surface area (TPSA) is 85.8 Å². The first-order valence-electron chi connectivity index (χ1n) is 7.54. The second-order valence-corrected chi connectivity index (χ2v) is 5.18. The molecule has 2 N–H and O–H groups in total. The van der Waals surface area contributed by atoms with Crippen molar-refractivity contribution in [2.75, 3.05) is 23.7 Å². The third kappa shape index (κ3) is 2.55. The first-order valence-corrected chi connectivity index (χ1v) is 7.54. The van der Waals surface area contributed by atoms with Crippen LogP contribution in [0.3, 0.4) is 0 Å². The Kier molecular flexibility index (Phi) is 3.72. The Morgan fingerprint density at radius 3 is 2.67 bits per heavy atom. The van der Waals surface area contributed by atoms with Crippen LogP contribution in [0.5, 0.6) is 0 Å². The molecule has 2 heterocycles. The van der Waals surface area contributed by atoms with E-state index in [0.717, 1.165) is 31.6 Å². The molecule has 2 aromatic heterocycles. The van der Waals surface area contributed by atoms with Gasteiger partial charge in [-0.15, -0.1) is 0 Å². The minimum absolute atomic E-state index is 0.250. The Balaban J connectivity index is 2.04. The Morgan fingerprint density at radius 2 is 1.90 bits per heavy atom. The van der Waals surface area contributed by atoms with Crippen LogP contribution in [-0.2, 0) is 12.8 Å². The van der Waals surface area contributed by atoms with Gasteiger partial charge in [0.05, 0.1) is 5.69 Å². The van der Waals surface area contributed by atoms with E-state index in [0.29, 0.717) is 11.9 Å². The summed E-state index contributed by atoms with van der Waals surface area (Å²) in [5, 5.41) is 0. The van der Waals surface area contributed by atoms with Crippen LogP contribution in [0.2, 0.25) is 0 Å². The van der Waals surface area contributed by atoms with Gasteiger partial charge in [0.15, 0.2) is 0 Å². The second-order valence-electron chi connectivity index (χ2n) is 5.18. The molecule has 0 bridgehead atoms. The van der Waals surface area contributed by atoms with Crippen LogP contribution in [0, 0.1) is 0 Å². The number of aromatic nitrogens is 5. The van der Waals surface area contributed by atoms with Gasteiger partial charge in [0.25, 0.3) is 0 Å². The van der Waals surface area contributed by atoms with Crippen LogP contribution in [-0.4, -0.2) is 37.6 Å². The third-order valence-electron chi connectivity index (χ3n) is 3.92. The fourth-order valence-corrected chi connectivity index (χ4v) is 2.77. The molecule has 0 radical (unpaired) electrons. The maximum Gasteiger partial charge on any atom is 0.241 e. The van der Waals surface area contributed by atoms with Crippen LogP contribution in [0.25, 0.3) is 5.95 Å². The van der Waals surface area contributed by atoms with Gasteiger partial charge in [-0.05, 0) is 39.5 Å². The molecule has 1 aliphatic carbocycles. The van der Waals surface area contributed by atoms with Crippen molar-refractivity contribution >= 4 is 11.9 Å². The summed E-state index contributed by atoms with van der Waals surface area (Å²) in [6.07, 6.45) is 6.24. The van der Waals surface area contributed by atoms with Crippen LogP contribution >= 0.6 is 0 Å². The highest BCUT2D eigenvalue weighted by Gasteiger charge is 2.19. The summed E-state index contributed by atoms with van der Waals surface area (Å²) in [5.74, 6) is 1.45. The zero-order valence-electron chi connectivity index (χ0n) is 12.6. The van der Waals surface area contributed by atoms with E-state index < -0.39 is 0 Å². The van der Waals surface area contributed by atoms with Crippen molar-refractivity contribution in [2.45, 2.75) is 39.5 Å². The number of nitrogens with two attached hydrogens (primary N) is 1. The molecular formula is C14H21N7. The van der Waals surface area contributed by atoms with E-state index in [-0.39, 0.29) is 5.95 Å². The number of fused-ring (bicyclic) bond motifs is 1. The average Bonchev–Trinajstić information content (AvgIpc) is 2.92. The van der Waals surface area contributed by atoms with Crippen molar-refractivity contribution in [2.24, 2.45) is 0 Å². The number of rotatable bonds is 4. The van der Waals surface area contributed by atoms with Gasteiger partial charge in [0.1, 0.15) is 6.33 Å². The van der Waals surface area contributed by atoms with E-state index >= 15 is 0 Å². The molecule has 0 aliphatic heterocycles. The average molecular weight is 287 g/mol. The highest BCUT2D eigenvalue weighted by atomic mass is 15.3. The van der Waals surface area contributed by atoms with Gasteiger partial charge < -0.3 is 10.6 Å². The fraction of sp³-hybridized carbons (Fsp3) is 0.571. The number of anilines is 2. The number of imidazole rings is 1. The van der Waals surface area contributed by atoms with Crippen molar-refractivity contribution < 1.29 is 0 Å². The summed E-state index contributed by atoms with van der Waals surface area (Å²) in [7, 11) is 0. The fourth-order valence-electron chi connectivity index (χ4n) is 2.77. The zero-order chi connectivity index (χ0) is 14.8. The summed E-state index contributed by atoms with van der Waals surface area (Å²) in [4.78, 5) is 19.7. The van der Waals surface area contributed by atoms with Gasteiger partial charge in [-0.1, -0.05) is 0 Å². The van der Waals surface area contributed by atoms with Crippen molar-refractivity contribution in [1.29, 1.82) is 0 Å². The monoisotopic (exact) mass is 287 g/mol. The lowest BCUT2D eigenvalue weighted by atomic mass is 10.0. The van der Waals surface area contributed by atoms with Crippen molar-refractivity contribution in [3.05, 3.63) is 17.7 Å². The van der Waals surface area contributed by atoms with Gasteiger partial charge >= 0.3 is 0 Å². The quantitative estimate of drug-likeness (QED) is 0.914. The number of hydrogen-bond donors (Lipinski definition) is 1. The molecule has 0 fully saturated rings. The smallest absolute Gasteiger partial charge is 0.241 e. The first kappa shape index (κ1) is 13.8. The number of hydrogen-bond acceptors (Lipinski definition) is 6. The predicted octanol–water partition coefficient (Wildman–Crippen LogP) is 1.36. The molecule has 0 amide bonds. The molecule has 0 saturated carbocycles. The standard InChI is InChI=1S/C14H21N7/c1-3-20(4-2)13-17-12(15)18-14(19-13)21-9-16-10-7-5-6-8-11(10)21/h9H,3-8H2,1-2H3,(H2,15,17,18,19). The molecule has 0 atom stereocenters. The van der Waals surface area contributed by atoms with Gasteiger partial charge in [0, 0.05) is 18.8 Å². The van der Waals surface area contributed by atoms with Gasteiger partial charge in [-0.3, -0.25) is 4.57 Å². The van der Waals surface area contributed by atoms with Crippen molar-refractivity contribution in [3.8, 4) is 5.95 Å². The Morgan fingerprint density at radius 1 is 1.14 bits per heavy atom. The second kappa shape index (κ2) is 5.67. The molecule has 0 saturated heterocycles. The van der Waals surface area contributed by atoms with Gasteiger partial charge in [-0.2, -0.15) is 15.0 Å². The largest absolute Gasteiger partial charge is 0.368 e. The van der Waals surface area contributed by atoms with Crippen molar-refractivity contribution in [3.63, 3.8) is 0 Å². The molecule has 2 aromatic rings. The third-order valence-corrected chi connectivity index (χ3v) is 3.92. The molecule has 3 rings (SSSR count). The lowest BCUT2D eigenvalue weighted by Crippen LogP contribution is -2.25. The normalized spacial score (nSPS) is 14.0. The molecule has 0 unspecified atom stereocenters. The van der Waals surface area contributed by atoms with E-state index in [9.17, 15) is 0 Å². The summed E-state index contributed by atoms with van der Waals surface area (Å²) in [5.41, 5.74) is 8.23. The van der Waals surface area contributed by atoms with E-state index in [4.69, 9.17) is 5.73 Å². The molecule has 112 valence electrons. The van der Waals surface area contributed by atoms with Crippen LogP contribution in [0.1, 0.15) is 38.1 Å². The molecule has 0 aromatic carbocycles. The lowest BCUT2D eigenvalue weighted by Gasteiger charge is -2.19. The Labute approximate surface area is 124 Å². The molecular weight excluding hydrogens is 266 g/mol. The predicted molar refractivity (Wildman–Crippen MR) is 81.6 cm³/mol. The minimum Gasteiger partial charge on any atom is -0.368 e. The van der Waals surface area contributed by atoms with E-state index in [1.54, 1.807) is 6.33 Å². The van der Waals surface area contributed by atoms with Gasteiger partial charge in [-0.25, -0.2) is 4.98 Å². The number of nitrogens with zero attached hydrogens (tertiary/aromatic N) is 6. The maximum atomic E-state index is 5.87. The zero-order valence-corrected chi connectivity index (χ0v) is 12.6. The summed E-state index contributed by atoms with van der Waals surface area (Å²) >= 11 is 0. The van der Waals surface area contributed by atoms with Crippen LogP contribution in [0.15, 0.2) is 6.33 Å². The van der Waals surface area contributed by atoms with Gasteiger partial charge in [0.2, 0.25) is 17.8 Å². The highest BCUT2D eigenvalue weighted by Crippen LogP contribution is 2.22. The van der Waals surface area contributed by atoms with Crippen LogP contribution < -0.4 is 10.6 Å². The Bertz CT molecular complexity index is 630. The minimum atomic E-state index is 0.250. The molecule has 7 heteroatoms. The number of aryl methyl sites for hydroxylation is 1. The molecule has 0 spiro atoms. The number of nitrogen functional groups attached to an aromatic ring is 1. The SMILES string of the molecule is CCN(CC)c1nc(N)nc(-n2cnc3c2CCCC3)n1. The first-order chi connectivity index (χ1) is 10.2. The lowest BCUT2D eigenvalue weighted by molar-refractivity contribution is 0.650. The Hall–Kier alpha value is -2.18. The summed E-state index contributed by atoms with van der Waals surface area (Å²) < 4.78 is 1.96. The molecule has 7 nitrogen and oxygen atoms in total. The van der Waals surface area contributed by atoms with E-state index in [1.807, 2.05) is 4.57 Å². The summed E-state index contributed by atoms with van der Waals surface area (Å²) in [6, 6.07) is 0. The molecule has 1 aliphatic rings. The summed E-state index contributed by atoms with van der Waals surface area (Å²) in [6.45, 7) is 5.81. The van der Waals surface area contributed by atoms with E-state index in [1.165, 1.54) is 18.5 Å². The molecule has 21 heavy (non-hydrogen) atoms. The van der Waals surface area contributed by atoms with Crippen LogP contribution in [0.4, 0.5) is 11.9 Å². The van der Waals surface area contributed by atoms with Crippen molar-refractivity contribution in [1.82, 2.24) is 24.5 Å². The van der Waals surface area contributed by atoms with E-state index in [2.05, 4.69) is 38.7 Å². The highest BCUT2D eigenvalue weighted by molar-refractivity contribution is 5.39.